The van der Waals surface area contributed by atoms with Crippen molar-refractivity contribution in [3.63, 3.8) is 0 Å². The molecule has 0 saturated carbocycles. The van der Waals surface area contributed by atoms with Crippen LogP contribution in [0.5, 0.6) is 5.75 Å². The van der Waals surface area contributed by atoms with Gasteiger partial charge in [-0.2, -0.15) is 0 Å². The van der Waals surface area contributed by atoms with E-state index in [2.05, 4.69) is 11.0 Å². The monoisotopic (exact) mass is 479 g/mol. The third kappa shape index (κ3) is 6.09. The van der Waals surface area contributed by atoms with Gasteiger partial charge in [-0.1, -0.05) is 19.1 Å². The number of hydrogen-bond acceptors (Lipinski definition) is 5. The first-order valence-corrected chi connectivity index (χ1v) is 12.4. The molecule has 6 nitrogen and oxygen atoms in total. The Morgan fingerprint density at radius 2 is 2.03 bits per heavy atom. The zero-order valence-corrected chi connectivity index (χ0v) is 20.5. The van der Waals surface area contributed by atoms with E-state index in [1.807, 2.05) is 30.0 Å². The molecule has 2 heterocycles. The minimum absolute atomic E-state index is 0.0692. The summed E-state index contributed by atoms with van der Waals surface area (Å²) in [5, 5.41) is 10.8. The van der Waals surface area contributed by atoms with E-state index in [0.717, 1.165) is 59.5 Å². The first-order valence-electron chi connectivity index (χ1n) is 12.4. The molecule has 1 unspecified atom stereocenters. The minimum atomic E-state index is -0.263. The van der Waals surface area contributed by atoms with E-state index in [1.165, 1.54) is 12.1 Å². The van der Waals surface area contributed by atoms with Crippen molar-refractivity contribution in [1.29, 1.82) is 0 Å². The van der Waals surface area contributed by atoms with Gasteiger partial charge in [-0.3, -0.25) is 4.79 Å². The Labute approximate surface area is 206 Å². The molecule has 1 saturated heterocycles. The lowest BCUT2D eigenvalue weighted by atomic mass is 9.98. The van der Waals surface area contributed by atoms with Crippen molar-refractivity contribution in [3.05, 3.63) is 65.5 Å². The van der Waals surface area contributed by atoms with Gasteiger partial charge in [0, 0.05) is 56.2 Å². The Bertz CT molecular complexity index is 1150. The maximum atomic E-state index is 13.3. The van der Waals surface area contributed by atoms with Crippen LogP contribution in [0.4, 0.5) is 10.2 Å². The zero-order chi connectivity index (χ0) is 24.8. The summed E-state index contributed by atoms with van der Waals surface area (Å²) in [5.41, 5.74) is 2.82. The highest BCUT2D eigenvalue weighted by Crippen LogP contribution is 2.30. The van der Waals surface area contributed by atoms with Crippen LogP contribution >= 0.6 is 0 Å². The van der Waals surface area contributed by atoms with Gasteiger partial charge in [-0.15, -0.1) is 0 Å². The molecule has 35 heavy (non-hydrogen) atoms. The Morgan fingerprint density at radius 3 is 2.74 bits per heavy atom. The van der Waals surface area contributed by atoms with Gasteiger partial charge < -0.3 is 19.6 Å². The third-order valence-electron chi connectivity index (χ3n) is 6.76. The number of aliphatic hydroxyl groups excluding tert-OH is 1. The summed E-state index contributed by atoms with van der Waals surface area (Å²) in [6, 6.07) is 14.4. The molecule has 0 aliphatic carbocycles. The van der Waals surface area contributed by atoms with E-state index in [9.17, 15) is 14.3 Å². The van der Waals surface area contributed by atoms with Crippen LogP contribution in [-0.4, -0.2) is 54.2 Å². The number of pyridine rings is 1. The van der Waals surface area contributed by atoms with Crippen LogP contribution in [0.2, 0.25) is 0 Å². The lowest BCUT2D eigenvalue weighted by Crippen LogP contribution is -2.39. The predicted molar refractivity (Wildman–Crippen MR) is 136 cm³/mol. The molecule has 1 aliphatic heterocycles. The third-order valence-corrected chi connectivity index (χ3v) is 6.76. The summed E-state index contributed by atoms with van der Waals surface area (Å²) in [5.74, 6) is 1.63. The lowest BCUT2D eigenvalue weighted by Gasteiger charge is -2.35. The quantitative estimate of drug-likeness (QED) is 0.487. The van der Waals surface area contributed by atoms with Crippen molar-refractivity contribution in [1.82, 2.24) is 9.88 Å². The van der Waals surface area contributed by atoms with Crippen molar-refractivity contribution in [2.45, 2.75) is 39.2 Å². The molecule has 2 aromatic carbocycles. The molecule has 1 atom stereocenters. The molecule has 3 aromatic rings. The van der Waals surface area contributed by atoms with E-state index >= 15 is 0 Å². The largest absolute Gasteiger partial charge is 0.497 e. The zero-order valence-electron chi connectivity index (χ0n) is 20.5. The molecule has 7 heteroatoms. The maximum absolute atomic E-state index is 13.3. The normalized spacial score (nSPS) is 15.9. The number of amides is 1. The summed E-state index contributed by atoms with van der Waals surface area (Å²) in [6.07, 6.45) is 3.05. The van der Waals surface area contributed by atoms with Crippen LogP contribution in [0.1, 0.15) is 37.3 Å². The molecule has 1 fully saturated rings. The van der Waals surface area contributed by atoms with Crippen molar-refractivity contribution in [2.24, 2.45) is 5.92 Å². The molecule has 1 aliphatic rings. The topological polar surface area (TPSA) is 65.9 Å². The number of carbonyl (C=O) groups excluding carboxylic acids is 1. The number of rotatable bonds is 9. The van der Waals surface area contributed by atoms with Crippen LogP contribution < -0.4 is 9.64 Å². The van der Waals surface area contributed by atoms with Gasteiger partial charge in [-0.05, 0) is 61.1 Å². The number of anilines is 1. The highest BCUT2D eigenvalue weighted by Gasteiger charge is 2.24. The predicted octanol–water partition coefficient (Wildman–Crippen LogP) is 4.57. The number of methoxy groups -OCH3 is 1. The summed E-state index contributed by atoms with van der Waals surface area (Å²) in [7, 11) is 1.64. The van der Waals surface area contributed by atoms with Crippen LogP contribution in [-0.2, 0) is 17.8 Å². The standard InChI is InChI=1S/C28H34FN3O3/c1-3-27(34)31(14-12-20-6-9-24(29)10-7-20)18-23-15-22-8-11-25(35-2)16-26(22)30-28(23)32-13-4-5-21(17-32)19-33/h6-11,15-16,21,33H,3-5,12-14,17-19H2,1-2H3. The second-order valence-corrected chi connectivity index (χ2v) is 9.21. The van der Waals surface area contributed by atoms with Gasteiger partial charge >= 0.3 is 0 Å². The number of nitrogens with zero attached hydrogens (tertiary/aromatic N) is 3. The van der Waals surface area contributed by atoms with Gasteiger partial charge in [0.15, 0.2) is 0 Å². The average molecular weight is 480 g/mol. The summed E-state index contributed by atoms with van der Waals surface area (Å²) in [4.78, 5) is 22.0. The molecule has 1 aromatic heterocycles. The summed E-state index contributed by atoms with van der Waals surface area (Å²) in [6.45, 7) is 4.61. The second-order valence-electron chi connectivity index (χ2n) is 9.21. The van der Waals surface area contributed by atoms with E-state index in [0.29, 0.717) is 25.9 Å². The summed E-state index contributed by atoms with van der Waals surface area (Å²) < 4.78 is 18.7. The van der Waals surface area contributed by atoms with Gasteiger partial charge in [0.25, 0.3) is 0 Å². The smallest absolute Gasteiger partial charge is 0.222 e. The number of fused-ring (bicyclic) bond motifs is 1. The number of piperidine rings is 1. The fraction of sp³-hybridized carbons (Fsp3) is 0.429. The van der Waals surface area contributed by atoms with Crippen molar-refractivity contribution in [3.8, 4) is 5.75 Å². The van der Waals surface area contributed by atoms with Crippen LogP contribution in [0.15, 0.2) is 48.5 Å². The summed E-state index contributed by atoms with van der Waals surface area (Å²) >= 11 is 0. The number of benzene rings is 2. The average Bonchev–Trinajstić information content (AvgIpc) is 2.90. The number of hydrogen-bond donors (Lipinski definition) is 1. The number of carbonyl (C=O) groups is 1. The van der Waals surface area contributed by atoms with Crippen molar-refractivity contribution < 1.29 is 19.0 Å². The molecule has 186 valence electrons. The molecule has 1 amide bonds. The highest BCUT2D eigenvalue weighted by atomic mass is 19.1. The maximum Gasteiger partial charge on any atom is 0.222 e. The van der Waals surface area contributed by atoms with Gasteiger partial charge in [0.1, 0.15) is 17.4 Å². The Balaban J connectivity index is 1.66. The molecule has 0 bridgehead atoms. The number of aromatic nitrogens is 1. The second kappa shape index (κ2) is 11.5. The lowest BCUT2D eigenvalue weighted by molar-refractivity contribution is -0.131. The molecular weight excluding hydrogens is 445 g/mol. The molecule has 1 N–H and O–H groups in total. The van der Waals surface area contributed by atoms with Crippen LogP contribution in [0, 0.1) is 11.7 Å². The van der Waals surface area contributed by atoms with Crippen LogP contribution in [0.3, 0.4) is 0 Å². The van der Waals surface area contributed by atoms with Crippen molar-refractivity contribution in [2.75, 3.05) is 38.3 Å². The highest BCUT2D eigenvalue weighted by molar-refractivity contribution is 5.84. The minimum Gasteiger partial charge on any atom is -0.497 e. The number of aliphatic hydroxyl groups is 1. The fourth-order valence-electron chi connectivity index (χ4n) is 4.74. The van der Waals surface area contributed by atoms with Crippen LogP contribution in [0.25, 0.3) is 10.9 Å². The molecule has 0 spiro atoms. The van der Waals surface area contributed by atoms with E-state index in [4.69, 9.17) is 9.72 Å². The molecular formula is C28H34FN3O3. The first-order chi connectivity index (χ1) is 17.0. The molecule has 0 radical (unpaired) electrons. The Kier molecular flexibility index (Phi) is 8.18. The molecule has 4 rings (SSSR count). The van der Waals surface area contributed by atoms with Gasteiger partial charge in [0.2, 0.25) is 5.91 Å². The number of halogens is 1. The SMILES string of the molecule is CCC(=O)N(CCc1ccc(F)cc1)Cc1cc2ccc(OC)cc2nc1N1CCCC(CO)C1. The van der Waals surface area contributed by atoms with Gasteiger partial charge in [0.05, 0.1) is 12.6 Å². The van der Waals surface area contributed by atoms with E-state index in [1.54, 1.807) is 19.2 Å². The number of ether oxygens (including phenoxy) is 1. The van der Waals surface area contributed by atoms with E-state index in [-0.39, 0.29) is 24.2 Å². The fourth-order valence-corrected chi connectivity index (χ4v) is 4.74. The Morgan fingerprint density at radius 1 is 1.23 bits per heavy atom. The van der Waals surface area contributed by atoms with Crippen molar-refractivity contribution >= 4 is 22.6 Å². The van der Waals surface area contributed by atoms with E-state index < -0.39 is 0 Å². The van der Waals surface area contributed by atoms with Gasteiger partial charge in [-0.25, -0.2) is 9.37 Å². The first kappa shape index (κ1) is 24.9. The Hall–Kier alpha value is -3.19.